The summed E-state index contributed by atoms with van der Waals surface area (Å²) < 4.78 is 0. The second kappa shape index (κ2) is 9.99. The number of benzene rings is 2. The Hall–Kier alpha value is -3.52. The van der Waals surface area contributed by atoms with Crippen molar-refractivity contribution in [2.45, 2.75) is 25.9 Å². The standard InChI is InChI=1S/C23H25N4O4/c1-16(2)18-7-3-4-8-19(18)23-17(6-5-9-20(23)27(30)31)10-11-22(29)26-13-12-24-21(14-26)25-15-28/h3-8,10-11,15-16,21,24H,12-14H2,1-2H3,(H,25,28)/b11-10+. The van der Waals surface area contributed by atoms with Gasteiger partial charge in [-0.25, -0.2) is 0 Å². The second-order valence-corrected chi connectivity index (χ2v) is 7.56. The van der Waals surface area contributed by atoms with Crippen LogP contribution < -0.4 is 10.6 Å². The van der Waals surface area contributed by atoms with Crippen LogP contribution in [0.1, 0.15) is 30.9 Å². The summed E-state index contributed by atoms with van der Waals surface area (Å²) in [6, 6.07) is 13.5. The lowest BCUT2D eigenvalue weighted by Gasteiger charge is -2.32. The van der Waals surface area contributed by atoms with E-state index in [0.717, 1.165) is 11.1 Å². The fraction of sp³-hybridized carbons (Fsp3) is 0.304. The molecule has 0 bridgehead atoms. The largest absolute Gasteiger partial charge is 0.342 e. The zero-order valence-electron chi connectivity index (χ0n) is 17.5. The van der Waals surface area contributed by atoms with Crippen molar-refractivity contribution in [2.24, 2.45) is 0 Å². The number of piperazine rings is 1. The normalized spacial score (nSPS) is 16.5. The summed E-state index contributed by atoms with van der Waals surface area (Å²) in [6.45, 7) is 5.47. The van der Waals surface area contributed by atoms with Gasteiger partial charge in [-0.05, 0) is 34.8 Å². The fourth-order valence-corrected chi connectivity index (χ4v) is 3.71. The van der Waals surface area contributed by atoms with E-state index in [4.69, 9.17) is 0 Å². The highest BCUT2D eigenvalue weighted by Gasteiger charge is 2.23. The zero-order valence-corrected chi connectivity index (χ0v) is 17.5. The van der Waals surface area contributed by atoms with E-state index in [1.165, 1.54) is 12.1 Å². The highest BCUT2D eigenvalue weighted by atomic mass is 16.6. The third-order valence-electron chi connectivity index (χ3n) is 5.20. The third kappa shape index (κ3) is 5.16. The molecule has 31 heavy (non-hydrogen) atoms. The van der Waals surface area contributed by atoms with Gasteiger partial charge in [0.1, 0.15) is 0 Å². The number of nitrogens with one attached hydrogen (secondary N) is 2. The molecule has 8 nitrogen and oxygen atoms in total. The average Bonchev–Trinajstić information content (AvgIpc) is 2.77. The second-order valence-electron chi connectivity index (χ2n) is 7.56. The molecular formula is C23H25N4O4. The summed E-state index contributed by atoms with van der Waals surface area (Å²) in [5.74, 6) is -0.0599. The van der Waals surface area contributed by atoms with E-state index in [1.807, 2.05) is 38.1 Å². The molecule has 161 valence electrons. The highest BCUT2D eigenvalue weighted by Crippen LogP contribution is 2.38. The molecule has 1 saturated heterocycles. The molecule has 2 amide bonds. The third-order valence-corrected chi connectivity index (χ3v) is 5.20. The Morgan fingerprint density at radius 1 is 1.35 bits per heavy atom. The Morgan fingerprint density at radius 2 is 2.13 bits per heavy atom. The van der Waals surface area contributed by atoms with Crippen molar-refractivity contribution in [1.82, 2.24) is 15.5 Å². The maximum Gasteiger partial charge on any atom is 0.285 e. The van der Waals surface area contributed by atoms with Crippen molar-refractivity contribution >= 4 is 24.1 Å². The fourth-order valence-electron chi connectivity index (χ4n) is 3.71. The predicted molar refractivity (Wildman–Crippen MR) is 118 cm³/mol. The Labute approximate surface area is 181 Å². The van der Waals surface area contributed by atoms with Gasteiger partial charge in [-0.3, -0.25) is 25.0 Å². The molecule has 1 fully saturated rings. The highest BCUT2D eigenvalue weighted by molar-refractivity contribution is 5.94. The molecule has 3 rings (SSSR count). The first kappa shape index (κ1) is 22.2. The number of amides is 2. The van der Waals surface area contributed by atoms with Gasteiger partial charge in [-0.1, -0.05) is 44.2 Å². The molecule has 1 heterocycles. The van der Waals surface area contributed by atoms with Gasteiger partial charge in [0, 0.05) is 19.2 Å². The van der Waals surface area contributed by atoms with Crippen LogP contribution in [0.25, 0.3) is 17.2 Å². The van der Waals surface area contributed by atoms with Crippen LogP contribution in [-0.2, 0) is 9.59 Å². The number of hydrogen-bond acceptors (Lipinski definition) is 5. The lowest BCUT2D eigenvalue weighted by molar-refractivity contribution is -0.384. The predicted octanol–water partition coefficient (Wildman–Crippen LogP) is 2.70. The van der Waals surface area contributed by atoms with Gasteiger partial charge in [0.25, 0.3) is 5.69 Å². The van der Waals surface area contributed by atoms with Gasteiger partial charge in [-0.15, -0.1) is 0 Å². The average molecular weight is 421 g/mol. The molecule has 0 aliphatic carbocycles. The Balaban J connectivity index is 1.97. The van der Waals surface area contributed by atoms with Gasteiger partial charge < -0.3 is 10.2 Å². The number of hydrogen-bond donors (Lipinski definition) is 2. The molecule has 1 unspecified atom stereocenters. The van der Waals surface area contributed by atoms with Crippen LogP contribution in [0, 0.1) is 16.2 Å². The van der Waals surface area contributed by atoms with Crippen LogP contribution in [0.15, 0.2) is 42.5 Å². The first-order valence-corrected chi connectivity index (χ1v) is 10.1. The summed E-state index contributed by atoms with van der Waals surface area (Å²) in [5.41, 5.74) is 2.63. The molecule has 0 aromatic heterocycles. The van der Waals surface area contributed by atoms with E-state index in [9.17, 15) is 19.7 Å². The SMILES string of the molecule is CC(C)c1ccccc1-c1c([N+](=O)[O-])[c]ccc1/C=C/C(=O)N1CCNC(NC=O)C1. The molecule has 2 aromatic rings. The van der Waals surface area contributed by atoms with Gasteiger partial charge in [-0.2, -0.15) is 0 Å². The van der Waals surface area contributed by atoms with E-state index in [-0.39, 0.29) is 23.7 Å². The van der Waals surface area contributed by atoms with Crippen molar-refractivity contribution in [3.05, 3.63) is 69.8 Å². The molecule has 0 saturated carbocycles. The monoisotopic (exact) mass is 421 g/mol. The maximum absolute atomic E-state index is 12.7. The molecule has 1 aliphatic rings. The van der Waals surface area contributed by atoms with Crippen LogP contribution in [0.2, 0.25) is 0 Å². The van der Waals surface area contributed by atoms with Crippen LogP contribution >= 0.6 is 0 Å². The Bertz CT molecular complexity index is 1000. The molecule has 2 aromatic carbocycles. The lowest BCUT2D eigenvalue weighted by atomic mass is 9.89. The van der Waals surface area contributed by atoms with Gasteiger partial charge in [0.2, 0.25) is 12.3 Å². The van der Waals surface area contributed by atoms with Crippen LogP contribution in [0.5, 0.6) is 0 Å². The Kier molecular flexibility index (Phi) is 7.15. The van der Waals surface area contributed by atoms with Crippen molar-refractivity contribution in [1.29, 1.82) is 0 Å². The number of nitro benzene ring substituents is 1. The van der Waals surface area contributed by atoms with E-state index in [1.54, 1.807) is 17.0 Å². The molecule has 1 atom stereocenters. The first-order chi connectivity index (χ1) is 14.9. The molecule has 8 heteroatoms. The number of nitro groups is 1. The van der Waals surface area contributed by atoms with E-state index in [0.29, 0.717) is 37.2 Å². The Morgan fingerprint density at radius 3 is 2.84 bits per heavy atom. The lowest BCUT2D eigenvalue weighted by Crippen LogP contribution is -2.57. The summed E-state index contributed by atoms with van der Waals surface area (Å²) >= 11 is 0. The minimum Gasteiger partial charge on any atom is -0.342 e. The van der Waals surface area contributed by atoms with E-state index >= 15 is 0 Å². The van der Waals surface area contributed by atoms with E-state index in [2.05, 4.69) is 16.7 Å². The van der Waals surface area contributed by atoms with Gasteiger partial charge in [0.05, 0.1) is 29.3 Å². The van der Waals surface area contributed by atoms with Crippen molar-refractivity contribution in [3.8, 4) is 11.1 Å². The smallest absolute Gasteiger partial charge is 0.285 e. The van der Waals surface area contributed by atoms with Crippen LogP contribution in [0.4, 0.5) is 5.69 Å². The topological polar surface area (TPSA) is 105 Å². The first-order valence-electron chi connectivity index (χ1n) is 10.1. The molecule has 1 aliphatic heterocycles. The summed E-state index contributed by atoms with van der Waals surface area (Å²) in [4.78, 5) is 36.3. The van der Waals surface area contributed by atoms with Gasteiger partial charge >= 0.3 is 0 Å². The summed E-state index contributed by atoms with van der Waals surface area (Å²) in [6.07, 6.45) is 3.33. The van der Waals surface area contributed by atoms with Crippen LogP contribution in [0.3, 0.4) is 0 Å². The minimum absolute atomic E-state index is 0.125. The number of nitrogens with zero attached hydrogens (tertiary/aromatic N) is 2. The summed E-state index contributed by atoms with van der Waals surface area (Å²) in [7, 11) is 0. The van der Waals surface area contributed by atoms with E-state index < -0.39 is 4.92 Å². The maximum atomic E-state index is 12.7. The zero-order chi connectivity index (χ0) is 22.4. The summed E-state index contributed by atoms with van der Waals surface area (Å²) in [5, 5.41) is 17.5. The number of carbonyl (C=O) groups is 2. The minimum atomic E-state index is -0.447. The van der Waals surface area contributed by atoms with Crippen molar-refractivity contribution in [3.63, 3.8) is 0 Å². The number of carbonyl (C=O) groups excluding carboxylic acids is 2. The quantitative estimate of drug-likeness (QED) is 0.310. The molecule has 2 N–H and O–H groups in total. The molecule has 0 spiro atoms. The molecule has 1 radical (unpaired) electrons. The van der Waals surface area contributed by atoms with Crippen molar-refractivity contribution in [2.75, 3.05) is 19.6 Å². The molecular weight excluding hydrogens is 396 g/mol. The van der Waals surface area contributed by atoms with Gasteiger partial charge in [0.15, 0.2) is 0 Å². The number of rotatable bonds is 7. The van der Waals surface area contributed by atoms with Crippen molar-refractivity contribution < 1.29 is 14.5 Å². The van der Waals surface area contributed by atoms with Crippen LogP contribution in [-0.4, -0.2) is 47.9 Å².